The van der Waals surface area contributed by atoms with E-state index in [1.807, 2.05) is 0 Å². The van der Waals surface area contributed by atoms with Gasteiger partial charge in [-0.25, -0.2) is 9.59 Å². The lowest BCUT2D eigenvalue weighted by Gasteiger charge is -2.03. The van der Waals surface area contributed by atoms with Gasteiger partial charge in [0.15, 0.2) is 5.78 Å². The van der Waals surface area contributed by atoms with E-state index in [-0.39, 0.29) is 24.9 Å². The maximum Gasteiger partial charge on any atom is 0.331 e. The van der Waals surface area contributed by atoms with E-state index in [1.165, 1.54) is 6.08 Å². The minimum atomic E-state index is -0.545. The molecule has 0 saturated carbocycles. The number of hydrogen-bond donors (Lipinski definition) is 0. The Morgan fingerprint density at radius 3 is 2.39 bits per heavy atom. The number of hydrogen-bond acceptors (Lipinski definition) is 5. The third-order valence-electron chi connectivity index (χ3n) is 1.74. The maximum atomic E-state index is 11.3. The number of ether oxygens (including phenoxy) is 2. The van der Waals surface area contributed by atoms with Gasteiger partial charge < -0.3 is 9.47 Å². The Hall–Kier alpha value is -1.91. The number of allylic oxidation sites excluding steroid dienone is 1. The zero-order chi connectivity index (χ0) is 14.0. The molecule has 0 N–H and O–H groups in total. The average molecular weight is 254 g/mol. The van der Waals surface area contributed by atoms with Gasteiger partial charge in [0.1, 0.15) is 0 Å². The summed E-state index contributed by atoms with van der Waals surface area (Å²) >= 11 is 0. The van der Waals surface area contributed by atoms with Crippen LogP contribution in [-0.2, 0) is 23.9 Å². The van der Waals surface area contributed by atoms with E-state index in [9.17, 15) is 14.4 Å². The van der Waals surface area contributed by atoms with E-state index in [4.69, 9.17) is 9.47 Å². The van der Waals surface area contributed by atoms with Crippen molar-refractivity contribution >= 4 is 17.7 Å². The van der Waals surface area contributed by atoms with Crippen molar-refractivity contribution in [1.82, 2.24) is 0 Å². The Balaban J connectivity index is 3.77. The Morgan fingerprint density at radius 2 is 1.83 bits per heavy atom. The molecule has 0 aromatic heterocycles. The normalized spacial score (nSPS) is 10.4. The lowest BCUT2D eigenvalue weighted by atomic mass is 10.2. The topological polar surface area (TPSA) is 69.7 Å². The van der Waals surface area contributed by atoms with Crippen LogP contribution in [0.15, 0.2) is 24.8 Å². The van der Waals surface area contributed by atoms with Crippen LogP contribution in [0.2, 0.25) is 0 Å². The second-order valence-corrected chi connectivity index (χ2v) is 3.76. The van der Waals surface area contributed by atoms with Crippen LogP contribution in [0.25, 0.3) is 0 Å². The van der Waals surface area contributed by atoms with Crippen LogP contribution in [0.4, 0.5) is 0 Å². The van der Waals surface area contributed by atoms with Gasteiger partial charge in [-0.1, -0.05) is 6.58 Å². The quantitative estimate of drug-likeness (QED) is 0.373. The Morgan fingerprint density at radius 1 is 1.17 bits per heavy atom. The molecule has 18 heavy (non-hydrogen) atoms. The van der Waals surface area contributed by atoms with Crippen molar-refractivity contribution in [1.29, 1.82) is 0 Å². The Bertz CT molecular complexity index is 341. The Labute approximate surface area is 106 Å². The monoisotopic (exact) mass is 254 g/mol. The summed E-state index contributed by atoms with van der Waals surface area (Å²) in [5, 5.41) is 0. The molecule has 0 rings (SSSR count). The zero-order valence-corrected chi connectivity index (χ0v) is 10.7. The molecule has 5 heteroatoms. The number of ketones is 1. The number of carbonyl (C=O) groups is 3. The number of carbonyl (C=O) groups excluding carboxylic acids is 3. The second kappa shape index (κ2) is 9.15. The van der Waals surface area contributed by atoms with Crippen LogP contribution in [0, 0.1) is 0 Å². The molecule has 0 bridgehead atoms. The number of rotatable bonds is 8. The molecule has 0 aliphatic rings. The summed E-state index contributed by atoms with van der Waals surface area (Å²) in [7, 11) is 0. The highest BCUT2D eigenvalue weighted by atomic mass is 16.5. The summed E-state index contributed by atoms with van der Waals surface area (Å²) in [6, 6.07) is 0. The average Bonchev–Trinajstić information content (AvgIpc) is 2.30. The first-order valence-corrected chi connectivity index (χ1v) is 5.66. The van der Waals surface area contributed by atoms with Crippen LogP contribution < -0.4 is 0 Å². The molecule has 0 aliphatic heterocycles. The van der Waals surface area contributed by atoms with Crippen LogP contribution in [-0.4, -0.2) is 30.4 Å². The highest BCUT2D eigenvalue weighted by Gasteiger charge is 2.03. The van der Waals surface area contributed by atoms with E-state index in [0.29, 0.717) is 6.42 Å². The molecule has 0 radical (unpaired) electrons. The SMILES string of the molecule is C=CC(=O)OCCCC(=O)/C=C/C(=O)OC(C)C. The summed E-state index contributed by atoms with van der Waals surface area (Å²) < 4.78 is 9.51. The molecule has 0 amide bonds. The molecule has 0 atom stereocenters. The molecule has 0 saturated heterocycles. The van der Waals surface area contributed by atoms with Gasteiger partial charge in [0.25, 0.3) is 0 Å². The maximum absolute atomic E-state index is 11.3. The smallest absolute Gasteiger partial charge is 0.331 e. The van der Waals surface area contributed by atoms with Gasteiger partial charge in [-0.3, -0.25) is 4.79 Å². The predicted molar refractivity (Wildman–Crippen MR) is 65.8 cm³/mol. The molecule has 5 nitrogen and oxygen atoms in total. The molecular weight excluding hydrogens is 236 g/mol. The van der Waals surface area contributed by atoms with Gasteiger partial charge in [-0.05, 0) is 26.3 Å². The summed E-state index contributed by atoms with van der Waals surface area (Å²) in [5.74, 6) is -1.28. The van der Waals surface area contributed by atoms with E-state index < -0.39 is 11.9 Å². The first kappa shape index (κ1) is 16.1. The highest BCUT2D eigenvalue weighted by molar-refractivity contribution is 5.95. The molecule has 0 unspecified atom stereocenters. The lowest BCUT2D eigenvalue weighted by Crippen LogP contribution is -2.09. The van der Waals surface area contributed by atoms with Crippen LogP contribution in [0.1, 0.15) is 26.7 Å². The molecule has 0 aromatic carbocycles. The first-order valence-electron chi connectivity index (χ1n) is 5.66. The Kier molecular flexibility index (Phi) is 8.18. The molecule has 100 valence electrons. The zero-order valence-electron chi connectivity index (χ0n) is 10.7. The van der Waals surface area contributed by atoms with Crippen molar-refractivity contribution in [3.63, 3.8) is 0 Å². The van der Waals surface area contributed by atoms with Crippen LogP contribution in [0.3, 0.4) is 0 Å². The molecule has 0 aliphatic carbocycles. The third-order valence-corrected chi connectivity index (χ3v) is 1.74. The van der Waals surface area contributed by atoms with Gasteiger partial charge >= 0.3 is 11.9 Å². The van der Waals surface area contributed by atoms with Crippen molar-refractivity contribution in [2.75, 3.05) is 6.61 Å². The molecule has 0 heterocycles. The van der Waals surface area contributed by atoms with Crippen molar-refractivity contribution < 1.29 is 23.9 Å². The van der Waals surface area contributed by atoms with Crippen LogP contribution in [0.5, 0.6) is 0 Å². The van der Waals surface area contributed by atoms with E-state index in [1.54, 1.807) is 13.8 Å². The fraction of sp³-hybridized carbons (Fsp3) is 0.462. The van der Waals surface area contributed by atoms with Gasteiger partial charge in [-0.15, -0.1) is 0 Å². The third kappa shape index (κ3) is 9.33. The predicted octanol–water partition coefficient (Wildman–Crippen LogP) is 1.57. The molecule has 0 fully saturated rings. The lowest BCUT2D eigenvalue weighted by molar-refractivity contribution is -0.141. The van der Waals surface area contributed by atoms with Crippen molar-refractivity contribution in [3.05, 3.63) is 24.8 Å². The van der Waals surface area contributed by atoms with Gasteiger partial charge in [0.05, 0.1) is 12.7 Å². The minimum Gasteiger partial charge on any atom is -0.463 e. The largest absolute Gasteiger partial charge is 0.463 e. The standard InChI is InChI=1S/C13H18O5/c1-4-12(15)17-9-5-6-11(14)7-8-13(16)18-10(2)3/h4,7-8,10H,1,5-6,9H2,2-3H3/b8-7+. The summed E-state index contributed by atoms with van der Waals surface area (Å²) in [6.07, 6.45) is 3.72. The number of esters is 2. The van der Waals surface area contributed by atoms with Gasteiger partial charge in [-0.2, -0.15) is 0 Å². The summed E-state index contributed by atoms with van der Waals surface area (Å²) in [5.41, 5.74) is 0. The van der Waals surface area contributed by atoms with Gasteiger partial charge in [0.2, 0.25) is 0 Å². The highest BCUT2D eigenvalue weighted by Crippen LogP contribution is 1.96. The summed E-state index contributed by atoms with van der Waals surface area (Å²) in [6.45, 7) is 6.84. The first-order chi connectivity index (χ1) is 8.45. The van der Waals surface area contributed by atoms with E-state index >= 15 is 0 Å². The van der Waals surface area contributed by atoms with Crippen LogP contribution >= 0.6 is 0 Å². The fourth-order valence-electron chi connectivity index (χ4n) is 0.994. The van der Waals surface area contributed by atoms with E-state index in [2.05, 4.69) is 6.58 Å². The molecule has 0 aromatic rings. The summed E-state index contributed by atoms with van der Waals surface area (Å²) in [4.78, 5) is 33.0. The van der Waals surface area contributed by atoms with Gasteiger partial charge in [0, 0.05) is 18.6 Å². The molecule has 0 spiro atoms. The fourth-order valence-corrected chi connectivity index (χ4v) is 0.994. The van der Waals surface area contributed by atoms with E-state index in [0.717, 1.165) is 12.2 Å². The van der Waals surface area contributed by atoms with Crippen molar-refractivity contribution in [2.45, 2.75) is 32.8 Å². The molecular formula is C13H18O5. The second-order valence-electron chi connectivity index (χ2n) is 3.76. The van der Waals surface area contributed by atoms with Crippen molar-refractivity contribution in [3.8, 4) is 0 Å². The van der Waals surface area contributed by atoms with Crippen molar-refractivity contribution in [2.24, 2.45) is 0 Å². The minimum absolute atomic E-state index is 0.154.